The first-order valence-corrected chi connectivity index (χ1v) is 7.22. The third-order valence-corrected chi connectivity index (χ3v) is 3.78. The highest BCUT2D eigenvalue weighted by Crippen LogP contribution is 2.19. The van der Waals surface area contributed by atoms with E-state index in [1.807, 2.05) is 6.92 Å². The minimum absolute atomic E-state index is 0.256. The fourth-order valence-corrected chi connectivity index (χ4v) is 2.64. The van der Waals surface area contributed by atoms with E-state index in [1.165, 1.54) is 24.1 Å². The number of rotatable bonds is 3. The largest absolute Gasteiger partial charge is 0.467 e. The van der Waals surface area contributed by atoms with Gasteiger partial charge in [0, 0.05) is 18.3 Å². The van der Waals surface area contributed by atoms with Crippen molar-refractivity contribution >= 4 is 11.9 Å². The van der Waals surface area contributed by atoms with Crippen LogP contribution in [0.25, 0.3) is 0 Å². The molecule has 1 amide bonds. The van der Waals surface area contributed by atoms with Crippen molar-refractivity contribution in [3.05, 3.63) is 33.7 Å². The molecule has 2 heterocycles. The molecule has 1 saturated heterocycles. The number of nitrogens with one attached hydrogen (secondary N) is 1. The van der Waals surface area contributed by atoms with Gasteiger partial charge in [-0.2, -0.15) is 0 Å². The number of ether oxygens (including phenoxy) is 2. The number of carbonyl (C=O) groups excluding carboxylic acids is 2. The topological polar surface area (TPSA) is 88.7 Å². The number of hydrogen-bond acceptors (Lipinski definition) is 5. The van der Waals surface area contributed by atoms with E-state index in [0.29, 0.717) is 30.8 Å². The number of morpholine rings is 1. The summed E-state index contributed by atoms with van der Waals surface area (Å²) in [4.78, 5) is 40.3. The molecule has 0 saturated carbocycles. The summed E-state index contributed by atoms with van der Waals surface area (Å²) in [5, 5.41) is 0. The molecular formula is C15H20N2O5. The predicted octanol–water partition coefficient (Wildman–Crippen LogP) is 0.340. The number of H-pyrrole nitrogens is 1. The molecule has 0 aromatic carbocycles. The number of methoxy groups -OCH3 is 1. The highest BCUT2D eigenvalue weighted by Gasteiger charge is 2.39. The summed E-state index contributed by atoms with van der Waals surface area (Å²) >= 11 is 0. The molecule has 1 aliphatic heterocycles. The van der Waals surface area contributed by atoms with Crippen LogP contribution in [0.4, 0.5) is 0 Å². The lowest BCUT2D eigenvalue weighted by Gasteiger charge is -2.38. The van der Waals surface area contributed by atoms with Gasteiger partial charge in [0.15, 0.2) is 6.04 Å². The van der Waals surface area contributed by atoms with E-state index >= 15 is 0 Å². The average molecular weight is 308 g/mol. The van der Waals surface area contributed by atoms with Crippen LogP contribution in [0.15, 0.2) is 16.9 Å². The summed E-state index contributed by atoms with van der Waals surface area (Å²) in [5.41, 5.74) is 0.693. The molecule has 2 atom stereocenters. The molecular weight excluding hydrogens is 288 g/mol. The number of aromatic amines is 1. The Hall–Kier alpha value is -2.15. The quantitative estimate of drug-likeness (QED) is 0.813. The Morgan fingerprint density at radius 2 is 2.18 bits per heavy atom. The molecule has 7 nitrogen and oxygen atoms in total. The zero-order valence-corrected chi connectivity index (χ0v) is 12.9. The van der Waals surface area contributed by atoms with Crippen molar-refractivity contribution < 1.29 is 19.1 Å². The lowest BCUT2D eigenvalue weighted by atomic mass is 10.0. The Morgan fingerprint density at radius 3 is 2.82 bits per heavy atom. The summed E-state index contributed by atoms with van der Waals surface area (Å²) in [6.07, 6.45) is 0.0675. The number of amides is 1. The monoisotopic (exact) mass is 308 g/mol. The van der Waals surface area contributed by atoms with E-state index in [1.54, 1.807) is 6.92 Å². The molecule has 1 aromatic rings. The lowest BCUT2D eigenvalue weighted by Crippen LogP contribution is -2.57. The van der Waals surface area contributed by atoms with Gasteiger partial charge in [-0.1, -0.05) is 6.92 Å². The molecule has 7 heteroatoms. The lowest BCUT2D eigenvalue weighted by molar-refractivity contribution is -0.156. The van der Waals surface area contributed by atoms with Gasteiger partial charge < -0.3 is 19.4 Å². The first-order chi connectivity index (χ1) is 10.5. The van der Waals surface area contributed by atoms with Crippen molar-refractivity contribution in [2.45, 2.75) is 32.4 Å². The number of hydrogen-bond donors (Lipinski definition) is 1. The van der Waals surface area contributed by atoms with Crippen LogP contribution < -0.4 is 5.56 Å². The Morgan fingerprint density at radius 1 is 1.45 bits per heavy atom. The van der Waals surface area contributed by atoms with E-state index in [-0.39, 0.29) is 11.5 Å². The number of carbonyl (C=O) groups is 2. The maximum Gasteiger partial charge on any atom is 0.331 e. The highest BCUT2D eigenvalue weighted by molar-refractivity contribution is 5.98. The molecule has 0 aliphatic carbocycles. The number of pyridine rings is 1. The smallest absolute Gasteiger partial charge is 0.331 e. The normalized spacial score (nSPS) is 21.5. The van der Waals surface area contributed by atoms with E-state index in [4.69, 9.17) is 9.47 Å². The maximum absolute atomic E-state index is 12.8. The highest BCUT2D eigenvalue weighted by atomic mass is 16.5. The van der Waals surface area contributed by atoms with Crippen LogP contribution >= 0.6 is 0 Å². The first-order valence-electron chi connectivity index (χ1n) is 7.22. The second-order valence-electron chi connectivity index (χ2n) is 5.11. The predicted molar refractivity (Wildman–Crippen MR) is 78.7 cm³/mol. The van der Waals surface area contributed by atoms with Gasteiger partial charge in [0.2, 0.25) is 5.56 Å². The number of nitrogens with zero attached hydrogens (tertiary/aromatic N) is 1. The molecule has 2 rings (SSSR count). The molecule has 0 bridgehead atoms. The molecule has 1 fully saturated rings. The molecule has 1 aromatic heterocycles. The van der Waals surface area contributed by atoms with Crippen molar-refractivity contribution in [2.24, 2.45) is 0 Å². The first kappa shape index (κ1) is 16.2. The molecule has 1 N–H and O–H groups in total. The molecule has 120 valence electrons. The summed E-state index contributed by atoms with van der Waals surface area (Å²) in [6, 6.07) is 2.01. The zero-order chi connectivity index (χ0) is 16.3. The van der Waals surface area contributed by atoms with Crippen LogP contribution in [0.5, 0.6) is 0 Å². The molecule has 0 unspecified atom stereocenters. The molecule has 1 aliphatic rings. The van der Waals surface area contributed by atoms with Gasteiger partial charge in [-0.3, -0.25) is 9.59 Å². The van der Waals surface area contributed by atoms with Crippen LogP contribution in [-0.4, -0.2) is 54.2 Å². The second kappa shape index (κ2) is 6.74. The second-order valence-corrected chi connectivity index (χ2v) is 5.11. The minimum atomic E-state index is -0.789. The van der Waals surface area contributed by atoms with Crippen LogP contribution in [0.2, 0.25) is 0 Å². The van der Waals surface area contributed by atoms with Crippen LogP contribution in [0, 0.1) is 0 Å². The Kier molecular flexibility index (Phi) is 4.97. The Balaban J connectivity index is 2.38. The van der Waals surface area contributed by atoms with Gasteiger partial charge in [0.25, 0.3) is 5.91 Å². The van der Waals surface area contributed by atoms with Crippen molar-refractivity contribution in [1.82, 2.24) is 9.88 Å². The van der Waals surface area contributed by atoms with Gasteiger partial charge in [0.1, 0.15) is 0 Å². The van der Waals surface area contributed by atoms with E-state index in [0.717, 1.165) is 0 Å². The molecule has 0 spiro atoms. The van der Waals surface area contributed by atoms with E-state index in [2.05, 4.69) is 4.98 Å². The van der Waals surface area contributed by atoms with E-state index in [9.17, 15) is 14.4 Å². The summed E-state index contributed by atoms with van der Waals surface area (Å²) < 4.78 is 10.2. The molecule has 0 radical (unpaired) electrons. The van der Waals surface area contributed by atoms with Crippen molar-refractivity contribution in [2.75, 3.05) is 20.3 Å². The van der Waals surface area contributed by atoms with Crippen LogP contribution in [-0.2, 0) is 20.7 Å². The summed E-state index contributed by atoms with van der Waals surface area (Å²) in [7, 11) is 1.28. The minimum Gasteiger partial charge on any atom is -0.467 e. The average Bonchev–Trinajstić information content (AvgIpc) is 2.53. The summed E-state index contributed by atoms with van der Waals surface area (Å²) in [5.74, 6) is -0.818. The van der Waals surface area contributed by atoms with Crippen molar-refractivity contribution in [1.29, 1.82) is 0 Å². The number of aromatic nitrogens is 1. The van der Waals surface area contributed by atoms with Gasteiger partial charge in [0.05, 0.1) is 25.4 Å². The fourth-order valence-electron chi connectivity index (χ4n) is 2.64. The van der Waals surface area contributed by atoms with Crippen LogP contribution in [0.3, 0.4) is 0 Å². The maximum atomic E-state index is 12.8. The van der Waals surface area contributed by atoms with Gasteiger partial charge in [-0.25, -0.2) is 4.79 Å². The fraction of sp³-hybridized carbons (Fsp3) is 0.533. The number of aryl methyl sites for hydroxylation is 1. The summed E-state index contributed by atoms with van der Waals surface area (Å²) in [6.45, 7) is 4.23. The van der Waals surface area contributed by atoms with Crippen molar-refractivity contribution in [3.63, 3.8) is 0 Å². The molecule has 22 heavy (non-hydrogen) atoms. The standard InChI is InChI=1S/C15H20N2O5/c1-4-11-10(5-6-12(18)16-11)14(19)17-7-8-22-9(2)13(17)15(20)21-3/h5-6,9,13H,4,7-8H2,1-3H3,(H,16,18)/t9-,13+/m1/s1. The third kappa shape index (κ3) is 3.04. The SMILES string of the molecule is CCc1[nH]c(=O)ccc1C(=O)N1CCO[C@H](C)[C@H]1C(=O)OC. The third-order valence-electron chi connectivity index (χ3n) is 3.78. The van der Waals surface area contributed by atoms with Gasteiger partial charge >= 0.3 is 5.97 Å². The van der Waals surface area contributed by atoms with Gasteiger partial charge in [-0.05, 0) is 19.4 Å². The van der Waals surface area contributed by atoms with Crippen molar-refractivity contribution in [3.8, 4) is 0 Å². The van der Waals surface area contributed by atoms with E-state index < -0.39 is 18.1 Å². The number of esters is 1. The Bertz CT molecular complexity index is 625. The van der Waals surface area contributed by atoms with Crippen LogP contribution in [0.1, 0.15) is 29.9 Å². The zero-order valence-electron chi connectivity index (χ0n) is 12.9. The van der Waals surface area contributed by atoms with Gasteiger partial charge in [-0.15, -0.1) is 0 Å². The Labute approximate surface area is 128 Å².